The maximum atomic E-state index is 10.4. The van der Waals surface area contributed by atoms with Crippen molar-refractivity contribution < 1.29 is 19.3 Å². The Labute approximate surface area is 170 Å². The van der Waals surface area contributed by atoms with Crippen molar-refractivity contribution in [2.24, 2.45) is 0 Å². The highest BCUT2D eigenvalue weighted by atomic mass is 35.5. The highest BCUT2D eigenvalue weighted by Crippen LogP contribution is 2.41. The molecule has 0 aliphatic carbocycles. The van der Waals surface area contributed by atoms with Gasteiger partial charge in [0.1, 0.15) is 24.1 Å². The zero-order valence-corrected chi connectivity index (χ0v) is 16.8. The van der Waals surface area contributed by atoms with Crippen molar-refractivity contribution in [2.45, 2.75) is 31.0 Å². The molecule has 1 spiro atoms. The second-order valence-corrected chi connectivity index (χ2v) is 8.07. The summed E-state index contributed by atoms with van der Waals surface area (Å²) in [6.07, 6.45) is 2.24. The molecule has 6 heteroatoms. The quantitative estimate of drug-likeness (QED) is 0.799. The average molecular weight is 404 g/mol. The zero-order valence-electron chi connectivity index (χ0n) is 16.1. The second kappa shape index (κ2) is 8.19. The molecule has 2 aliphatic rings. The molecule has 0 amide bonds. The molecule has 0 bridgehead atoms. The van der Waals surface area contributed by atoms with Crippen LogP contribution in [0.15, 0.2) is 42.5 Å². The number of ether oxygens (including phenoxy) is 3. The first kappa shape index (κ1) is 19.4. The van der Waals surface area contributed by atoms with Crippen molar-refractivity contribution in [1.29, 1.82) is 0 Å². The topological polar surface area (TPSA) is 51.2 Å². The number of fused-ring (bicyclic) bond motifs is 1. The van der Waals surface area contributed by atoms with Gasteiger partial charge in [0, 0.05) is 43.9 Å². The Bertz CT molecular complexity index is 820. The number of β-amino-alcohol motifs (C(OH)–C–C–N with tert-alkyl or cyclic N) is 1. The Morgan fingerprint density at radius 3 is 2.68 bits per heavy atom. The number of para-hydroxylation sites is 2. The van der Waals surface area contributed by atoms with Crippen LogP contribution >= 0.6 is 11.6 Å². The molecule has 1 fully saturated rings. The fourth-order valence-corrected chi connectivity index (χ4v) is 4.29. The van der Waals surface area contributed by atoms with Crippen LogP contribution in [0, 0.1) is 0 Å². The van der Waals surface area contributed by atoms with Crippen molar-refractivity contribution in [2.75, 3.05) is 33.4 Å². The highest BCUT2D eigenvalue weighted by Gasteiger charge is 2.42. The van der Waals surface area contributed by atoms with Gasteiger partial charge in [-0.2, -0.15) is 0 Å². The van der Waals surface area contributed by atoms with Crippen molar-refractivity contribution in [3.8, 4) is 17.2 Å². The molecule has 0 saturated carbocycles. The predicted octanol–water partition coefficient (Wildman–Crippen LogP) is 3.56. The standard InChI is InChI=1S/C22H26ClNO4/c1-26-20-4-2-3-5-21(20)27-15-18(25)14-24-10-8-22(9-11-24)13-16-12-17(23)6-7-19(16)28-22/h2-7,12,18,25H,8-11,13-15H2,1H3/t18-/m0/s1. The summed E-state index contributed by atoms with van der Waals surface area (Å²) in [5.74, 6) is 2.29. The molecule has 28 heavy (non-hydrogen) atoms. The third-order valence-corrected chi connectivity index (χ3v) is 5.83. The van der Waals surface area contributed by atoms with Crippen molar-refractivity contribution in [3.63, 3.8) is 0 Å². The van der Waals surface area contributed by atoms with Crippen LogP contribution in [0.25, 0.3) is 0 Å². The Morgan fingerprint density at radius 1 is 1.18 bits per heavy atom. The van der Waals surface area contributed by atoms with Crippen LogP contribution in [0.4, 0.5) is 0 Å². The van der Waals surface area contributed by atoms with E-state index < -0.39 is 6.10 Å². The predicted molar refractivity (Wildman–Crippen MR) is 109 cm³/mol. The minimum atomic E-state index is -0.556. The van der Waals surface area contributed by atoms with Gasteiger partial charge in [0.2, 0.25) is 0 Å². The van der Waals surface area contributed by atoms with E-state index >= 15 is 0 Å². The fraction of sp³-hybridized carbons (Fsp3) is 0.455. The summed E-state index contributed by atoms with van der Waals surface area (Å²) in [5, 5.41) is 11.2. The lowest BCUT2D eigenvalue weighted by molar-refractivity contribution is -0.00210. The Hall–Kier alpha value is -1.95. The Balaban J connectivity index is 1.26. The van der Waals surface area contributed by atoms with E-state index in [1.54, 1.807) is 7.11 Å². The van der Waals surface area contributed by atoms with E-state index in [2.05, 4.69) is 4.90 Å². The molecule has 150 valence electrons. The van der Waals surface area contributed by atoms with Gasteiger partial charge in [-0.3, -0.25) is 0 Å². The minimum absolute atomic E-state index is 0.123. The van der Waals surface area contributed by atoms with Gasteiger partial charge in [-0.05, 0) is 35.9 Å². The monoisotopic (exact) mass is 403 g/mol. The first-order valence-electron chi connectivity index (χ1n) is 9.71. The normalized spacial score (nSPS) is 19.1. The lowest BCUT2D eigenvalue weighted by Gasteiger charge is -2.39. The number of hydrogen-bond donors (Lipinski definition) is 1. The SMILES string of the molecule is COc1ccccc1OC[C@@H](O)CN1CCC2(CC1)Cc1cc(Cl)ccc1O2. The summed E-state index contributed by atoms with van der Waals surface area (Å²) in [7, 11) is 1.61. The van der Waals surface area contributed by atoms with Crippen LogP contribution in [-0.4, -0.2) is 55.1 Å². The second-order valence-electron chi connectivity index (χ2n) is 7.63. The molecule has 2 aliphatic heterocycles. The molecule has 0 aromatic heterocycles. The molecule has 1 saturated heterocycles. The number of piperidine rings is 1. The maximum absolute atomic E-state index is 10.4. The van der Waals surface area contributed by atoms with E-state index in [9.17, 15) is 5.11 Å². The van der Waals surface area contributed by atoms with E-state index in [1.807, 2.05) is 42.5 Å². The summed E-state index contributed by atoms with van der Waals surface area (Å²) in [6, 6.07) is 13.3. The lowest BCUT2D eigenvalue weighted by Crippen LogP contribution is -2.49. The van der Waals surface area contributed by atoms with Gasteiger partial charge >= 0.3 is 0 Å². The molecule has 2 aromatic carbocycles. The number of benzene rings is 2. The summed E-state index contributed by atoms with van der Waals surface area (Å²) in [6.45, 7) is 2.62. The van der Waals surface area contributed by atoms with E-state index in [1.165, 1.54) is 5.56 Å². The number of aliphatic hydroxyl groups is 1. The van der Waals surface area contributed by atoms with Gasteiger partial charge in [-0.25, -0.2) is 0 Å². The first-order valence-corrected chi connectivity index (χ1v) is 10.1. The van der Waals surface area contributed by atoms with Crippen molar-refractivity contribution in [1.82, 2.24) is 4.90 Å². The number of methoxy groups -OCH3 is 1. The Morgan fingerprint density at radius 2 is 1.93 bits per heavy atom. The van der Waals surface area contributed by atoms with Gasteiger partial charge in [-0.15, -0.1) is 0 Å². The molecule has 4 rings (SSSR count). The summed E-state index contributed by atoms with van der Waals surface area (Å²) in [4.78, 5) is 2.28. The molecule has 5 nitrogen and oxygen atoms in total. The van der Waals surface area contributed by atoms with Crippen LogP contribution in [0.3, 0.4) is 0 Å². The number of nitrogens with zero attached hydrogens (tertiary/aromatic N) is 1. The van der Waals surface area contributed by atoms with Gasteiger partial charge < -0.3 is 24.2 Å². The largest absolute Gasteiger partial charge is 0.493 e. The van der Waals surface area contributed by atoms with Gasteiger partial charge in [0.25, 0.3) is 0 Å². The van der Waals surface area contributed by atoms with Crippen LogP contribution in [0.5, 0.6) is 17.2 Å². The van der Waals surface area contributed by atoms with E-state index in [0.29, 0.717) is 18.0 Å². The third-order valence-electron chi connectivity index (χ3n) is 5.60. The van der Waals surface area contributed by atoms with Gasteiger partial charge in [0.15, 0.2) is 11.5 Å². The molecular weight excluding hydrogens is 378 g/mol. The number of halogens is 1. The first-order chi connectivity index (χ1) is 13.6. The van der Waals surface area contributed by atoms with E-state index in [4.69, 9.17) is 25.8 Å². The fourth-order valence-electron chi connectivity index (χ4n) is 4.10. The maximum Gasteiger partial charge on any atom is 0.161 e. The lowest BCUT2D eigenvalue weighted by atomic mass is 9.87. The highest BCUT2D eigenvalue weighted by molar-refractivity contribution is 6.30. The van der Waals surface area contributed by atoms with Crippen LogP contribution < -0.4 is 14.2 Å². The molecule has 2 heterocycles. The molecule has 2 aromatic rings. The summed E-state index contributed by atoms with van der Waals surface area (Å²) in [5.41, 5.74) is 1.08. The van der Waals surface area contributed by atoms with E-state index in [-0.39, 0.29) is 12.2 Å². The van der Waals surface area contributed by atoms with Gasteiger partial charge in [-0.1, -0.05) is 23.7 Å². The molecule has 0 radical (unpaired) electrons. The summed E-state index contributed by atoms with van der Waals surface area (Å²) < 4.78 is 17.3. The van der Waals surface area contributed by atoms with Crippen LogP contribution in [0.2, 0.25) is 5.02 Å². The van der Waals surface area contributed by atoms with Crippen LogP contribution in [-0.2, 0) is 6.42 Å². The zero-order chi connectivity index (χ0) is 19.6. The third kappa shape index (κ3) is 4.22. The minimum Gasteiger partial charge on any atom is -0.493 e. The number of aliphatic hydroxyl groups excluding tert-OH is 1. The average Bonchev–Trinajstić information content (AvgIpc) is 3.05. The smallest absolute Gasteiger partial charge is 0.161 e. The number of hydrogen-bond acceptors (Lipinski definition) is 5. The van der Waals surface area contributed by atoms with E-state index in [0.717, 1.165) is 43.1 Å². The Kier molecular flexibility index (Phi) is 5.67. The van der Waals surface area contributed by atoms with Crippen molar-refractivity contribution in [3.05, 3.63) is 53.1 Å². The molecule has 1 atom stereocenters. The molecule has 0 unspecified atom stereocenters. The summed E-state index contributed by atoms with van der Waals surface area (Å²) >= 11 is 6.11. The molecule has 1 N–H and O–H groups in total. The number of likely N-dealkylation sites (tertiary alicyclic amines) is 1. The van der Waals surface area contributed by atoms with Crippen molar-refractivity contribution >= 4 is 11.6 Å². The number of rotatable bonds is 6. The van der Waals surface area contributed by atoms with Gasteiger partial charge in [0.05, 0.1) is 7.11 Å². The van der Waals surface area contributed by atoms with Crippen LogP contribution in [0.1, 0.15) is 18.4 Å². The molecular formula is C22H26ClNO4.